The molecule has 3 aromatic carbocycles. The summed E-state index contributed by atoms with van der Waals surface area (Å²) in [7, 11) is 0. The number of hydrogen-bond acceptors (Lipinski definition) is 15. The van der Waals surface area contributed by atoms with Gasteiger partial charge in [0.2, 0.25) is 0 Å². The van der Waals surface area contributed by atoms with Crippen molar-refractivity contribution in [2.75, 3.05) is 156 Å². The number of rotatable bonds is 34. The molecule has 0 unspecified atom stereocenters. The van der Waals surface area contributed by atoms with E-state index in [1.807, 2.05) is 6.07 Å². The summed E-state index contributed by atoms with van der Waals surface area (Å²) in [4.78, 5) is 28.2. The minimum Gasteiger partial charge on any atom is -0.491 e. The summed E-state index contributed by atoms with van der Waals surface area (Å²) in [6.07, 6.45) is 0. The zero-order valence-electron chi connectivity index (χ0n) is 32.0. The van der Waals surface area contributed by atoms with Crippen molar-refractivity contribution in [2.24, 2.45) is 0 Å². The number of nitrogens with zero attached hydrogens (tertiary/aromatic N) is 1. The maximum atomic E-state index is 13.5. The van der Waals surface area contributed by atoms with Crippen LogP contribution in [-0.2, 0) is 42.6 Å². The summed E-state index contributed by atoms with van der Waals surface area (Å²) in [6, 6.07) is 15.7. The first-order valence-electron chi connectivity index (χ1n) is 19.0. The molecule has 1 heterocycles. The molecule has 3 aromatic rings. The molecular formula is C40H56N2O14. The van der Waals surface area contributed by atoms with Gasteiger partial charge in [0.25, 0.3) is 11.8 Å². The van der Waals surface area contributed by atoms with E-state index >= 15 is 0 Å². The zero-order valence-corrected chi connectivity index (χ0v) is 32.0. The van der Waals surface area contributed by atoms with Gasteiger partial charge in [-0.15, -0.1) is 0 Å². The number of benzene rings is 3. The summed E-state index contributed by atoms with van der Waals surface area (Å²) in [5.74, 6) is -0.211. The van der Waals surface area contributed by atoms with Gasteiger partial charge in [0.05, 0.1) is 138 Å². The van der Waals surface area contributed by atoms with Gasteiger partial charge in [-0.05, 0) is 42.5 Å². The highest BCUT2D eigenvalue weighted by atomic mass is 16.6. The lowest BCUT2D eigenvalue weighted by Crippen LogP contribution is -2.40. The van der Waals surface area contributed by atoms with Gasteiger partial charge in [-0.25, -0.2) is 4.90 Å². The largest absolute Gasteiger partial charge is 0.491 e. The summed E-state index contributed by atoms with van der Waals surface area (Å²) in [5.41, 5.74) is 2.09. The maximum Gasteiger partial charge on any atom is 0.265 e. The van der Waals surface area contributed by atoms with Gasteiger partial charge in [-0.3, -0.25) is 9.59 Å². The van der Waals surface area contributed by atoms with Crippen LogP contribution in [0.1, 0.15) is 20.7 Å². The van der Waals surface area contributed by atoms with Crippen molar-refractivity contribution >= 4 is 34.0 Å². The molecule has 0 spiro atoms. The normalized spacial score (nSPS) is 12.6. The Morgan fingerprint density at radius 1 is 0.464 bits per heavy atom. The lowest BCUT2D eigenvalue weighted by atomic mass is 9.92. The minimum absolute atomic E-state index is 0.0145. The Bertz CT molecular complexity index is 1520. The molecule has 0 bridgehead atoms. The molecule has 0 radical (unpaired) electrons. The summed E-state index contributed by atoms with van der Waals surface area (Å²) < 4.78 is 54.6. The number of nitrogens with one attached hydrogen (secondary N) is 1. The maximum absolute atomic E-state index is 13.5. The topological polar surface area (TPSA) is 182 Å². The van der Waals surface area contributed by atoms with Gasteiger partial charge in [-0.2, -0.15) is 0 Å². The molecule has 1 aliphatic rings. The fourth-order valence-corrected chi connectivity index (χ4v) is 5.51. The van der Waals surface area contributed by atoms with Gasteiger partial charge in [0.15, 0.2) is 0 Å². The van der Waals surface area contributed by atoms with Crippen molar-refractivity contribution in [3.63, 3.8) is 0 Å². The molecule has 2 amide bonds. The molecule has 56 heavy (non-hydrogen) atoms. The molecule has 310 valence electrons. The van der Waals surface area contributed by atoms with Crippen LogP contribution in [0.15, 0.2) is 54.6 Å². The standard InChI is InChI=1S/C40H56N2O14/c43-11-10-41-37-9-8-36-38-34(37)2-1-3-35(38)39(45)42(40(36)46)32-4-6-33(7-5-32)56-31-30-55-29-28-54-27-26-53-25-24-52-23-22-51-21-20-50-19-18-49-17-16-48-15-14-47-13-12-44/h1-9,41,43-44H,10-31H2. The van der Waals surface area contributed by atoms with E-state index in [-0.39, 0.29) is 13.2 Å². The van der Waals surface area contributed by atoms with Gasteiger partial charge >= 0.3 is 0 Å². The number of imide groups is 1. The zero-order chi connectivity index (χ0) is 39.5. The van der Waals surface area contributed by atoms with Crippen LogP contribution in [0.4, 0.5) is 11.4 Å². The fraction of sp³-hybridized carbons (Fsp3) is 0.550. The molecular weight excluding hydrogens is 732 g/mol. The molecule has 0 saturated carbocycles. The van der Waals surface area contributed by atoms with E-state index in [4.69, 9.17) is 52.5 Å². The third-order valence-electron chi connectivity index (χ3n) is 8.14. The predicted octanol–water partition coefficient (Wildman–Crippen LogP) is 2.57. The second kappa shape index (κ2) is 27.8. The summed E-state index contributed by atoms with van der Waals surface area (Å²) in [6.45, 7) is 8.82. The first-order chi connectivity index (χ1) is 27.7. The second-order valence-electron chi connectivity index (χ2n) is 12.1. The molecule has 0 fully saturated rings. The van der Waals surface area contributed by atoms with Crippen LogP contribution in [-0.4, -0.2) is 167 Å². The Labute approximate surface area is 327 Å². The number of carbonyl (C=O) groups excluding carboxylic acids is 2. The number of ether oxygens (including phenoxy) is 10. The molecule has 1 aliphatic heterocycles. The smallest absolute Gasteiger partial charge is 0.265 e. The molecule has 4 rings (SSSR count). The van der Waals surface area contributed by atoms with Crippen molar-refractivity contribution in [3.05, 3.63) is 65.7 Å². The first-order valence-corrected chi connectivity index (χ1v) is 19.0. The Balaban J connectivity index is 0.927. The van der Waals surface area contributed by atoms with Gasteiger partial charge in [0.1, 0.15) is 12.4 Å². The Hall–Kier alpha value is -3.78. The molecule has 0 saturated heterocycles. The summed E-state index contributed by atoms with van der Waals surface area (Å²) >= 11 is 0. The van der Waals surface area contributed by atoms with Crippen LogP contribution in [0.2, 0.25) is 0 Å². The van der Waals surface area contributed by atoms with Gasteiger partial charge < -0.3 is 62.9 Å². The average Bonchev–Trinajstić information content (AvgIpc) is 3.22. The number of anilines is 2. The third-order valence-corrected chi connectivity index (χ3v) is 8.14. The van der Waals surface area contributed by atoms with Crippen molar-refractivity contribution in [3.8, 4) is 5.75 Å². The van der Waals surface area contributed by atoms with Gasteiger partial charge in [0, 0.05) is 34.1 Å². The average molecular weight is 789 g/mol. The van der Waals surface area contributed by atoms with Crippen molar-refractivity contribution in [1.29, 1.82) is 0 Å². The highest BCUT2D eigenvalue weighted by Gasteiger charge is 2.34. The molecule has 0 atom stereocenters. The molecule has 0 aliphatic carbocycles. The van der Waals surface area contributed by atoms with E-state index in [0.29, 0.717) is 160 Å². The van der Waals surface area contributed by atoms with Crippen LogP contribution in [0.25, 0.3) is 10.8 Å². The lowest BCUT2D eigenvalue weighted by molar-refractivity contribution is -0.0258. The van der Waals surface area contributed by atoms with E-state index in [2.05, 4.69) is 5.32 Å². The number of hydrogen-bond donors (Lipinski definition) is 3. The quantitative estimate of drug-likeness (QED) is 0.0593. The molecule has 16 nitrogen and oxygen atoms in total. The highest BCUT2D eigenvalue weighted by molar-refractivity contribution is 6.36. The van der Waals surface area contributed by atoms with Crippen molar-refractivity contribution in [2.45, 2.75) is 0 Å². The van der Waals surface area contributed by atoms with E-state index < -0.39 is 11.8 Å². The Morgan fingerprint density at radius 3 is 1.34 bits per heavy atom. The van der Waals surface area contributed by atoms with Gasteiger partial charge in [-0.1, -0.05) is 12.1 Å². The van der Waals surface area contributed by atoms with Crippen LogP contribution in [0.5, 0.6) is 5.75 Å². The Kier molecular flexibility index (Phi) is 22.3. The number of aliphatic hydroxyl groups is 2. The monoisotopic (exact) mass is 788 g/mol. The minimum atomic E-state index is -0.398. The highest BCUT2D eigenvalue weighted by Crippen LogP contribution is 2.36. The number of amides is 2. The SMILES string of the molecule is O=C1c2cccc3c(NCCO)ccc(c23)C(=O)N1c1ccc(OCCOCCOCCOCCOCCOCCOCCOCCOCCOCCO)cc1. The van der Waals surface area contributed by atoms with E-state index in [0.717, 1.165) is 11.1 Å². The third kappa shape index (κ3) is 15.6. The van der Waals surface area contributed by atoms with Crippen molar-refractivity contribution < 1.29 is 67.2 Å². The van der Waals surface area contributed by atoms with E-state index in [1.165, 1.54) is 4.90 Å². The lowest BCUT2D eigenvalue weighted by Gasteiger charge is -2.28. The molecule has 3 N–H and O–H groups in total. The first kappa shape index (κ1) is 44.9. The second-order valence-corrected chi connectivity index (χ2v) is 12.1. The molecule has 16 heteroatoms. The summed E-state index contributed by atoms with van der Waals surface area (Å²) in [5, 5.41) is 22.3. The number of aliphatic hydroxyl groups excluding tert-OH is 2. The van der Waals surface area contributed by atoms with Crippen LogP contribution in [0, 0.1) is 0 Å². The van der Waals surface area contributed by atoms with E-state index in [1.54, 1.807) is 48.5 Å². The predicted molar refractivity (Wildman–Crippen MR) is 207 cm³/mol. The van der Waals surface area contributed by atoms with E-state index in [9.17, 15) is 14.7 Å². The van der Waals surface area contributed by atoms with Crippen LogP contribution < -0.4 is 15.0 Å². The van der Waals surface area contributed by atoms with Crippen LogP contribution in [0.3, 0.4) is 0 Å². The molecule has 0 aromatic heterocycles. The Morgan fingerprint density at radius 2 is 0.893 bits per heavy atom. The fourth-order valence-electron chi connectivity index (χ4n) is 5.51. The van der Waals surface area contributed by atoms with Crippen molar-refractivity contribution in [1.82, 2.24) is 0 Å². The van der Waals surface area contributed by atoms with Crippen LogP contribution >= 0.6 is 0 Å². The number of carbonyl (C=O) groups is 2.